The van der Waals surface area contributed by atoms with Gasteiger partial charge < -0.3 is 4.74 Å². The van der Waals surface area contributed by atoms with Gasteiger partial charge in [0.05, 0.1) is 11.9 Å². The van der Waals surface area contributed by atoms with Gasteiger partial charge in [0, 0.05) is 5.56 Å². The molecule has 0 spiro atoms. The Morgan fingerprint density at radius 1 is 1.29 bits per heavy atom. The van der Waals surface area contributed by atoms with Crippen LogP contribution in [0.4, 0.5) is 0 Å². The second kappa shape index (κ2) is 3.73. The van der Waals surface area contributed by atoms with Gasteiger partial charge in [-0.2, -0.15) is 0 Å². The van der Waals surface area contributed by atoms with Crippen molar-refractivity contribution in [1.29, 1.82) is 0 Å². The average Bonchev–Trinajstić information content (AvgIpc) is 2.70. The first-order valence-corrected chi connectivity index (χ1v) is 5.57. The predicted molar refractivity (Wildman–Crippen MR) is 64.5 cm³/mol. The van der Waals surface area contributed by atoms with E-state index >= 15 is 0 Å². The number of hydrogen-bond acceptors (Lipinski definition) is 3. The van der Waals surface area contributed by atoms with E-state index in [0.717, 1.165) is 22.7 Å². The smallest absolute Gasteiger partial charge is 0.132 e. The number of nitrogens with zero attached hydrogens (tertiary/aromatic N) is 3. The highest BCUT2D eigenvalue weighted by Gasteiger charge is 2.20. The van der Waals surface area contributed by atoms with E-state index < -0.39 is 0 Å². The predicted octanol–water partition coefficient (Wildman–Crippen LogP) is 2.47. The van der Waals surface area contributed by atoms with Crippen LogP contribution in [0, 0.1) is 0 Å². The molecule has 4 heteroatoms. The number of allylic oxidation sites excluding steroid dienone is 1. The number of para-hydroxylation sites is 1. The Kier molecular flexibility index (Phi) is 2.21. The molecule has 0 amide bonds. The Bertz CT molecular complexity index is 594. The number of rotatable bonds is 0. The molecule has 3 rings (SSSR count). The van der Waals surface area contributed by atoms with Crippen LogP contribution >= 0.6 is 0 Å². The van der Waals surface area contributed by atoms with Gasteiger partial charge in [-0.3, -0.25) is 0 Å². The highest BCUT2D eigenvalue weighted by atomic mass is 16.5. The summed E-state index contributed by atoms with van der Waals surface area (Å²) in [4.78, 5) is 0. The number of aromatic nitrogens is 3. The van der Waals surface area contributed by atoms with Crippen LogP contribution in [0.2, 0.25) is 0 Å². The van der Waals surface area contributed by atoms with Crippen LogP contribution in [0.25, 0.3) is 5.70 Å². The molecule has 0 bridgehead atoms. The second-order valence-corrected chi connectivity index (χ2v) is 4.27. The molecule has 0 radical (unpaired) electrons. The lowest BCUT2D eigenvalue weighted by Gasteiger charge is -2.10. The number of ether oxygens (including phenoxy) is 1. The normalized spacial score (nSPS) is 13.4. The van der Waals surface area contributed by atoms with E-state index in [1.54, 1.807) is 6.20 Å². The van der Waals surface area contributed by atoms with Crippen LogP contribution in [0.15, 0.2) is 36.0 Å². The fourth-order valence-electron chi connectivity index (χ4n) is 2.08. The largest absolute Gasteiger partial charge is 0.487 e. The van der Waals surface area contributed by atoms with Gasteiger partial charge in [-0.05, 0) is 31.6 Å². The lowest BCUT2D eigenvalue weighted by Crippen LogP contribution is -2.05. The van der Waals surface area contributed by atoms with Gasteiger partial charge in [-0.15, -0.1) is 5.10 Å². The molecule has 0 fully saturated rings. The van der Waals surface area contributed by atoms with E-state index in [0.29, 0.717) is 6.61 Å². The molecule has 1 aliphatic heterocycles. The lowest BCUT2D eigenvalue weighted by atomic mass is 10.1. The zero-order valence-electron chi connectivity index (χ0n) is 9.84. The minimum Gasteiger partial charge on any atom is -0.487 e. The van der Waals surface area contributed by atoms with Crippen LogP contribution in [0.5, 0.6) is 5.75 Å². The van der Waals surface area contributed by atoms with Crippen molar-refractivity contribution in [2.45, 2.75) is 20.5 Å². The number of hydrogen-bond donors (Lipinski definition) is 0. The summed E-state index contributed by atoms with van der Waals surface area (Å²) >= 11 is 0. The van der Waals surface area contributed by atoms with Gasteiger partial charge in [-0.1, -0.05) is 17.3 Å². The summed E-state index contributed by atoms with van der Waals surface area (Å²) < 4.78 is 7.64. The third-order valence-corrected chi connectivity index (χ3v) is 2.82. The van der Waals surface area contributed by atoms with Gasteiger partial charge in [-0.25, -0.2) is 4.68 Å². The fourth-order valence-corrected chi connectivity index (χ4v) is 2.08. The summed E-state index contributed by atoms with van der Waals surface area (Å²) in [6, 6.07) is 8.02. The summed E-state index contributed by atoms with van der Waals surface area (Å²) in [6.07, 6.45) is 1.74. The van der Waals surface area contributed by atoms with Crippen molar-refractivity contribution in [1.82, 2.24) is 15.0 Å². The molecule has 4 nitrogen and oxygen atoms in total. The highest BCUT2D eigenvalue weighted by molar-refractivity contribution is 5.73. The Hall–Kier alpha value is -2.10. The van der Waals surface area contributed by atoms with E-state index in [2.05, 4.69) is 30.2 Å². The monoisotopic (exact) mass is 227 g/mol. The molecule has 17 heavy (non-hydrogen) atoms. The minimum absolute atomic E-state index is 0.501. The summed E-state index contributed by atoms with van der Waals surface area (Å²) in [6.45, 7) is 4.65. The maximum Gasteiger partial charge on any atom is 0.132 e. The average molecular weight is 227 g/mol. The maximum atomic E-state index is 5.78. The molecule has 2 aromatic rings. The van der Waals surface area contributed by atoms with Crippen LogP contribution in [0.3, 0.4) is 0 Å². The second-order valence-electron chi connectivity index (χ2n) is 4.27. The van der Waals surface area contributed by atoms with Gasteiger partial charge in [0.1, 0.15) is 18.1 Å². The van der Waals surface area contributed by atoms with Crippen molar-refractivity contribution in [3.8, 4) is 5.75 Å². The van der Waals surface area contributed by atoms with E-state index in [4.69, 9.17) is 4.74 Å². The molecule has 0 unspecified atom stereocenters. The third-order valence-electron chi connectivity index (χ3n) is 2.82. The lowest BCUT2D eigenvalue weighted by molar-refractivity contribution is 0.302. The summed E-state index contributed by atoms with van der Waals surface area (Å²) in [5.41, 5.74) is 4.29. The first-order chi connectivity index (χ1) is 8.27. The van der Waals surface area contributed by atoms with E-state index in [1.807, 2.05) is 22.9 Å². The maximum absolute atomic E-state index is 5.78. The molecule has 2 heterocycles. The summed E-state index contributed by atoms with van der Waals surface area (Å²) in [7, 11) is 0. The number of fused-ring (bicyclic) bond motifs is 2. The Balaban J connectivity index is 2.32. The van der Waals surface area contributed by atoms with Crippen molar-refractivity contribution >= 4 is 5.70 Å². The van der Waals surface area contributed by atoms with Crippen molar-refractivity contribution in [3.63, 3.8) is 0 Å². The first kappa shape index (κ1) is 10.1. The Morgan fingerprint density at radius 3 is 2.94 bits per heavy atom. The molecule has 0 N–H and O–H groups in total. The zero-order valence-corrected chi connectivity index (χ0v) is 9.84. The molecule has 0 aliphatic carbocycles. The topological polar surface area (TPSA) is 39.9 Å². The van der Waals surface area contributed by atoms with Gasteiger partial charge in [0.2, 0.25) is 0 Å². The van der Waals surface area contributed by atoms with Crippen LogP contribution in [-0.4, -0.2) is 15.0 Å². The van der Waals surface area contributed by atoms with Crippen LogP contribution in [-0.2, 0) is 6.61 Å². The molecule has 1 aromatic heterocycles. The highest BCUT2D eigenvalue weighted by Crippen LogP contribution is 2.32. The SMILES string of the molecule is CC(C)=C1c2ccccc2OCc2cnnn21. The molecule has 86 valence electrons. The quantitative estimate of drug-likeness (QED) is 0.694. The van der Waals surface area contributed by atoms with Gasteiger partial charge >= 0.3 is 0 Å². The minimum atomic E-state index is 0.501. The molecule has 1 aromatic carbocycles. The third kappa shape index (κ3) is 1.53. The molecular formula is C13H13N3O. The summed E-state index contributed by atoms with van der Waals surface area (Å²) in [5.74, 6) is 0.897. The standard InChI is InChI=1S/C13H13N3O/c1-9(2)13-11-5-3-4-6-12(11)17-8-10-7-14-15-16(10)13/h3-7H,8H2,1-2H3. The van der Waals surface area contributed by atoms with Crippen LogP contribution in [0.1, 0.15) is 25.1 Å². The molecule has 0 atom stereocenters. The molecular weight excluding hydrogens is 214 g/mol. The fraction of sp³-hybridized carbons (Fsp3) is 0.231. The summed E-state index contributed by atoms with van der Waals surface area (Å²) in [5, 5.41) is 8.10. The van der Waals surface area contributed by atoms with Crippen molar-refractivity contribution < 1.29 is 4.74 Å². The van der Waals surface area contributed by atoms with Gasteiger partial charge in [0.15, 0.2) is 0 Å². The van der Waals surface area contributed by atoms with E-state index in [1.165, 1.54) is 5.57 Å². The zero-order chi connectivity index (χ0) is 11.8. The Morgan fingerprint density at radius 2 is 2.12 bits per heavy atom. The van der Waals surface area contributed by atoms with Crippen molar-refractivity contribution in [2.75, 3.05) is 0 Å². The van der Waals surface area contributed by atoms with E-state index in [-0.39, 0.29) is 0 Å². The molecule has 1 aliphatic rings. The molecule has 0 saturated carbocycles. The van der Waals surface area contributed by atoms with Crippen molar-refractivity contribution in [3.05, 3.63) is 47.3 Å². The van der Waals surface area contributed by atoms with Gasteiger partial charge in [0.25, 0.3) is 0 Å². The number of benzene rings is 1. The molecule has 0 saturated heterocycles. The Labute approximate surface area is 99.5 Å². The van der Waals surface area contributed by atoms with Crippen molar-refractivity contribution in [2.24, 2.45) is 0 Å². The van der Waals surface area contributed by atoms with E-state index in [9.17, 15) is 0 Å². The first-order valence-electron chi connectivity index (χ1n) is 5.57. The van der Waals surface area contributed by atoms with Crippen LogP contribution < -0.4 is 4.74 Å².